The van der Waals surface area contributed by atoms with E-state index in [0.717, 1.165) is 46.4 Å². The van der Waals surface area contributed by atoms with E-state index in [2.05, 4.69) is 179 Å². The Labute approximate surface area is 304 Å². The lowest BCUT2D eigenvalue weighted by molar-refractivity contribution is 0.638. The monoisotopic (exact) mass is 664 g/mol. The number of nitrogens with zero attached hydrogens (tertiary/aromatic N) is 1. The molecule has 0 aromatic heterocycles. The number of aliphatic imine (C=N–C) groups is 1. The molecule has 5 aromatic carbocycles. The molecule has 254 valence electrons. The summed E-state index contributed by atoms with van der Waals surface area (Å²) < 4.78 is 0. The zero-order valence-electron chi connectivity index (χ0n) is 30.0. The minimum Gasteiger partial charge on any atom is -0.405 e. The van der Waals surface area contributed by atoms with Crippen molar-refractivity contribution in [2.75, 3.05) is 0 Å². The summed E-state index contributed by atoms with van der Waals surface area (Å²) in [6, 6.07) is 38.7. The lowest BCUT2D eigenvalue weighted by atomic mass is 9.94. The van der Waals surface area contributed by atoms with Crippen molar-refractivity contribution in [3.05, 3.63) is 198 Å². The highest BCUT2D eigenvalue weighted by molar-refractivity contribution is 5.98. The van der Waals surface area contributed by atoms with E-state index < -0.39 is 0 Å². The second kappa shape index (κ2) is 18.7. The first kappa shape index (κ1) is 36.3. The molecule has 0 saturated heterocycles. The van der Waals surface area contributed by atoms with Crippen molar-refractivity contribution < 1.29 is 0 Å². The molecular weight excluding hydrogens is 617 g/mol. The normalized spacial score (nSPS) is 13.3. The van der Waals surface area contributed by atoms with Crippen molar-refractivity contribution in [3.63, 3.8) is 0 Å². The Morgan fingerprint density at radius 3 is 2.47 bits per heavy atom. The van der Waals surface area contributed by atoms with E-state index in [0.29, 0.717) is 5.92 Å². The van der Waals surface area contributed by atoms with Crippen LogP contribution in [-0.2, 0) is 0 Å². The summed E-state index contributed by atoms with van der Waals surface area (Å²) in [6.07, 6.45) is 26.4. The van der Waals surface area contributed by atoms with Gasteiger partial charge in [-0.05, 0) is 124 Å². The van der Waals surface area contributed by atoms with Crippen molar-refractivity contribution in [1.29, 1.82) is 0 Å². The summed E-state index contributed by atoms with van der Waals surface area (Å²) in [4.78, 5) is 4.97. The molecule has 0 radical (unpaired) electrons. The van der Waals surface area contributed by atoms with E-state index in [1.54, 1.807) is 6.20 Å². The topological polar surface area (TPSA) is 38.4 Å². The molecule has 0 aliphatic carbocycles. The van der Waals surface area contributed by atoms with E-state index in [1.807, 2.05) is 24.4 Å². The van der Waals surface area contributed by atoms with Gasteiger partial charge in [-0.1, -0.05) is 153 Å². The summed E-state index contributed by atoms with van der Waals surface area (Å²) >= 11 is 0. The van der Waals surface area contributed by atoms with Gasteiger partial charge in [-0.15, -0.1) is 0 Å². The molecular formula is C49H48N2. The van der Waals surface area contributed by atoms with Gasteiger partial charge in [-0.3, -0.25) is 4.99 Å². The van der Waals surface area contributed by atoms with Gasteiger partial charge in [0.2, 0.25) is 0 Å². The predicted octanol–water partition coefficient (Wildman–Crippen LogP) is 13.4. The van der Waals surface area contributed by atoms with E-state index >= 15 is 0 Å². The highest BCUT2D eigenvalue weighted by Gasteiger charge is 2.09. The maximum atomic E-state index is 5.48. The average Bonchev–Trinajstić information content (AvgIpc) is 3.16. The van der Waals surface area contributed by atoms with Crippen LogP contribution < -0.4 is 5.73 Å². The molecule has 0 bridgehead atoms. The van der Waals surface area contributed by atoms with E-state index in [1.165, 1.54) is 33.0 Å². The predicted molar refractivity (Wildman–Crippen MR) is 226 cm³/mol. The highest BCUT2D eigenvalue weighted by atomic mass is 14.7. The molecule has 0 aliphatic rings. The summed E-state index contributed by atoms with van der Waals surface area (Å²) in [7, 11) is 0. The summed E-state index contributed by atoms with van der Waals surface area (Å²) in [5.41, 5.74) is 16.5. The number of benzene rings is 5. The standard InChI is InChI=1S/C49H48N2/c1-5-17-43(44-23-14-24-45(36-44)48-27-15-22-42-21-11-12-26-47(42)48)34-40-30-31-46(38(4)28-29-39(6-2)19-8-7-13-32-50)49(35-40)51-33-16-25-41-20-10-9-18-37(41)3/h5,7-18,20-36,39H,4,6,19,50H2,1-3H3/b8-7-,17-5-,25-16-,29-28-,32-13-,43-34+,51-33?. The number of hydrogen-bond acceptors (Lipinski definition) is 2. The number of hydrogen-bond donors (Lipinski definition) is 1. The van der Waals surface area contributed by atoms with Crippen molar-refractivity contribution >= 4 is 46.0 Å². The van der Waals surface area contributed by atoms with Gasteiger partial charge in [0.05, 0.1) is 5.69 Å². The van der Waals surface area contributed by atoms with Crippen molar-refractivity contribution in [3.8, 4) is 11.1 Å². The molecule has 0 heterocycles. The van der Waals surface area contributed by atoms with Crippen LogP contribution in [0.15, 0.2) is 176 Å². The fourth-order valence-electron chi connectivity index (χ4n) is 6.11. The van der Waals surface area contributed by atoms with Gasteiger partial charge in [-0.2, -0.15) is 0 Å². The molecule has 2 N–H and O–H groups in total. The number of allylic oxidation sites excluding steroid dienone is 10. The Hall–Kier alpha value is -5.99. The molecule has 1 unspecified atom stereocenters. The maximum Gasteiger partial charge on any atom is 0.0713 e. The van der Waals surface area contributed by atoms with E-state index in [9.17, 15) is 0 Å². The molecule has 2 heteroatoms. The molecule has 0 aliphatic heterocycles. The third kappa shape index (κ3) is 10.0. The first-order chi connectivity index (χ1) is 25.0. The Bertz CT molecular complexity index is 2160. The smallest absolute Gasteiger partial charge is 0.0713 e. The molecule has 2 nitrogen and oxygen atoms in total. The molecule has 1 atom stereocenters. The Morgan fingerprint density at radius 2 is 1.65 bits per heavy atom. The summed E-state index contributed by atoms with van der Waals surface area (Å²) in [5.74, 6) is 0.406. The molecule has 5 rings (SSSR count). The van der Waals surface area contributed by atoms with Crippen LogP contribution in [-0.4, -0.2) is 6.21 Å². The lowest BCUT2D eigenvalue weighted by Crippen LogP contribution is -1.92. The van der Waals surface area contributed by atoms with Gasteiger partial charge in [-0.25, -0.2) is 0 Å². The number of rotatable bonds is 14. The van der Waals surface area contributed by atoms with Crippen LogP contribution in [0.2, 0.25) is 0 Å². The second-order valence-electron chi connectivity index (χ2n) is 12.6. The van der Waals surface area contributed by atoms with E-state index in [4.69, 9.17) is 10.7 Å². The van der Waals surface area contributed by atoms with Crippen LogP contribution in [0.5, 0.6) is 0 Å². The van der Waals surface area contributed by atoms with Crippen LogP contribution in [0.3, 0.4) is 0 Å². The van der Waals surface area contributed by atoms with Crippen molar-refractivity contribution in [2.45, 2.75) is 33.6 Å². The van der Waals surface area contributed by atoms with Gasteiger partial charge in [0.15, 0.2) is 0 Å². The third-order valence-electron chi connectivity index (χ3n) is 8.99. The molecule has 5 aromatic rings. The fraction of sp³-hybridized carbons (Fsp3) is 0.122. The third-order valence-corrected chi connectivity index (χ3v) is 8.99. The minimum atomic E-state index is 0.406. The van der Waals surface area contributed by atoms with Gasteiger partial charge < -0.3 is 5.73 Å². The first-order valence-corrected chi connectivity index (χ1v) is 17.7. The van der Waals surface area contributed by atoms with Gasteiger partial charge in [0.25, 0.3) is 0 Å². The molecule has 0 saturated carbocycles. The maximum absolute atomic E-state index is 5.48. The molecule has 0 fully saturated rings. The van der Waals surface area contributed by atoms with Gasteiger partial charge in [0.1, 0.15) is 0 Å². The fourth-order valence-corrected chi connectivity index (χ4v) is 6.11. The van der Waals surface area contributed by atoms with E-state index in [-0.39, 0.29) is 0 Å². The summed E-state index contributed by atoms with van der Waals surface area (Å²) in [6.45, 7) is 10.9. The minimum absolute atomic E-state index is 0.406. The van der Waals surface area contributed by atoms with Crippen LogP contribution >= 0.6 is 0 Å². The number of aryl methyl sites for hydroxylation is 1. The molecule has 51 heavy (non-hydrogen) atoms. The average molecular weight is 665 g/mol. The largest absolute Gasteiger partial charge is 0.405 e. The first-order valence-electron chi connectivity index (χ1n) is 17.7. The van der Waals surface area contributed by atoms with Crippen LogP contribution in [0.25, 0.3) is 45.2 Å². The lowest BCUT2D eigenvalue weighted by Gasteiger charge is -2.12. The van der Waals surface area contributed by atoms with Gasteiger partial charge >= 0.3 is 0 Å². The van der Waals surface area contributed by atoms with Crippen LogP contribution in [0, 0.1) is 12.8 Å². The van der Waals surface area contributed by atoms with Crippen LogP contribution in [0.1, 0.15) is 54.5 Å². The van der Waals surface area contributed by atoms with Crippen molar-refractivity contribution in [1.82, 2.24) is 0 Å². The molecule has 0 spiro atoms. The number of nitrogens with two attached hydrogens (primary N) is 1. The summed E-state index contributed by atoms with van der Waals surface area (Å²) in [5, 5.41) is 2.49. The SMILES string of the molecule is C=C(/C=C\C(CC)C/C=C\C=C/N)c1ccc(/C=C(\C=C/C)c2cccc(-c3cccc4ccccc34)c2)cc1N=C/C=C\c1ccccc1C. The Balaban J connectivity index is 1.50. The highest BCUT2D eigenvalue weighted by Crippen LogP contribution is 2.33. The Kier molecular flexibility index (Phi) is 13.3. The zero-order valence-corrected chi connectivity index (χ0v) is 30.0. The Morgan fingerprint density at radius 1 is 0.843 bits per heavy atom. The van der Waals surface area contributed by atoms with Crippen LogP contribution in [0.4, 0.5) is 5.69 Å². The quantitative estimate of drug-likeness (QED) is 0.0716. The van der Waals surface area contributed by atoms with Crippen molar-refractivity contribution in [2.24, 2.45) is 16.6 Å². The molecule has 0 amide bonds. The van der Waals surface area contributed by atoms with Gasteiger partial charge in [0, 0.05) is 11.8 Å². The number of fused-ring (bicyclic) bond motifs is 1. The zero-order chi connectivity index (χ0) is 35.8. The second-order valence-corrected chi connectivity index (χ2v) is 12.6.